The van der Waals surface area contributed by atoms with Crippen molar-refractivity contribution in [1.29, 1.82) is 0 Å². The number of aryl methyl sites for hydroxylation is 1. The Hall–Kier alpha value is -1.60. The van der Waals surface area contributed by atoms with E-state index in [0.717, 1.165) is 14.9 Å². The molecule has 0 saturated carbocycles. The molecule has 2 atom stereocenters. The Balaban J connectivity index is 2.13. The first-order valence-corrected chi connectivity index (χ1v) is 6.92. The van der Waals surface area contributed by atoms with Crippen LogP contribution in [-0.2, 0) is 4.79 Å². The second-order valence-corrected chi connectivity index (χ2v) is 5.66. The molecule has 1 fully saturated rings. The van der Waals surface area contributed by atoms with E-state index in [1.807, 2.05) is 19.1 Å². The molecule has 1 aromatic carbocycles. The number of carboxylic acid groups (broad SMARTS) is 1. The van der Waals surface area contributed by atoms with Crippen LogP contribution >= 0.6 is 15.9 Å². The van der Waals surface area contributed by atoms with E-state index in [4.69, 9.17) is 5.11 Å². The van der Waals surface area contributed by atoms with Gasteiger partial charge in [-0.25, -0.2) is 9.59 Å². The number of rotatable bonds is 2. The highest BCUT2D eigenvalue weighted by Gasteiger charge is 2.39. The molecule has 6 nitrogen and oxygen atoms in total. The summed E-state index contributed by atoms with van der Waals surface area (Å²) in [6, 6.07) is 3.91. The van der Waals surface area contributed by atoms with Gasteiger partial charge in [0.25, 0.3) is 0 Å². The van der Waals surface area contributed by atoms with Crippen LogP contribution in [0.4, 0.5) is 10.5 Å². The fourth-order valence-electron chi connectivity index (χ4n) is 2.18. The average Bonchev–Trinajstić information content (AvgIpc) is 2.75. The van der Waals surface area contributed by atoms with E-state index in [-0.39, 0.29) is 13.0 Å². The first-order valence-electron chi connectivity index (χ1n) is 6.13. The molecule has 0 aromatic heterocycles. The molecule has 108 valence electrons. The van der Waals surface area contributed by atoms with E-state index < -0.39 is 24.1 Å². The first kappa shape index (κ1) is 14.8. The van der Waals surface area contributed by atoms with Crippen LogP contribution < -0.4 is 5.32 Å². The number of benzene rings is 1. The summed E-state index contributed by atoms with van der Waals surface area (Å²) in [5, 5.41) is 21.2. The van der Waals surface area contributed by atoms with Crippen molar-refractivity contribution in [2.24, 2.45) is 0 Å². The minimum Gasteiger partial charge on any atom is -0.480 e. The maximum atomic E-state index is 12.1. The second-order valence-electron chi connectivity index (χ2n) is 4.81. The van der Waals surface area contributed by atoms with Crippen molar-refractivity contribution < 1.29 is 19.8 Å². The smallest absolute Gasteiger partial charge is 0.326 e. The summed E-state index contributed by atoms with van der Waals surface area (Å²) in [5.41, 5.74) is 1.60. The number of hydrogen-bond acceptors (Lipinski definition) is 3. The molecule has 20 heavy (non-hydrogen) atoms. The Morgan fingerprint density at radius 1 is 1.45 bits per heavy atom. The number of nitrogens with zero attached hydrogens (tertiary/aromatic N) is 1. The minimum absolute atomic E-state index is 0.0201. The predicted octanol–water partition coefficient (Wildman–Crippen LogP) is 1.81. The van der Waals surface area contributed by atoms with Crippen molar-refractivity contribution in [3.63, 3.8) is 0 Å². The lowest BCUT2D eigenvalue weighted by atomic mass is 10.2. The zero-order valence-corrected chi connectivity index (χ0v) is 12.4. The molecule has 0 bridgehead atoms. The maximum absolute atomic E-state index is 12.1. The van der Waals surface area contributed by atoms with Gasteiger partial charge in [-0.15, -0.1) is 0 Å². The second kappa shape index (κ2) is 5.80. The summed E-state index contributed by atoms with van der Waals surface area (Å²) in [7, 11) is 0. The van der Waals surface area contributed by atoms with Crippen molar-refractivity contribution >= 4 is 33.6 Å². The van der Waals surface area contributed by atoms with Gasteiger partial charge in [-0.05, 0) is 40.5 Å². The van der Waals surface area contributed by atoms with Crippen molar-refractivity contribution in [3.05, 3.63) is 28.2 Å². The third kappa shape index (κ3) is 3.10. The number of aliphatic carboxylic acids is 1. The molecule has 3 N–H and O–H groups in total. The maximum Gasteiger partial charge on any atom is 0.326 e. The van der Waals surface area contributed by atoms with Crippen molar-refractivity contribution in [1.82, 2.24) is 4.90 Å². The average molecular weight is 343 g/mol. The summed E-state index contributed by atoms with van der Waals surface area (Å²) in [6.07, 6.45) is -0.749. The summed E-state index contributed by atoms with van der Waals surface area (Å²) < 4.78 is 0.720. The van der Waals surface area contributed by atoms with Crippen molar-refractivity contribution in [2.75, 3.05) is 11.9 Å². The van der Waals surface area contributed by atoms with Crippen LogP contribution in [0.3, 0.4) is 0 Å². The number of carbonyl (C=O) groups is 2. The van der Waals surface area contributed by atoms with Crippen LogP contribution in [0.5, 0.6) is 0 Å². The third-order valence-electron chi connectivity index (χ3n) is 3.19. The number of anilines is 1. The lowest BCUT2D eigenvalue weighted by Gasteiger charge is -2.22. The molecule has 1 aliphatic heterocycles. The van der Waals surface area contributed by atoms with E-state index in [1.165, 1.54) is 0 Å². The minimum atomic E-state index is -1.11. The molecule has 1 unspecified atom stereocenters. The van der Waals surface area contributed by atoms with Crippen LogP contribution in [0.2, 0.25) is 0 Å². The number of hydrogen-bond donors (Lipinski definition) is 3. The molecule has 0 aliphatic carbocycles. The van der Waals surface area contributed by atoms with Gasteiger partial charge in [0.05, 0.1) is 11.8 Å². The normalized spacial score (nSPS) is 21.9. The molecule has 7 heteroatoms. The number of likely N-dealkylation sites (tertiary alicyclic amines) is 1. The van der Waals surface area contributed by atoms with E-state index in [2.05, 4.69) is 21.2 Å². The van der Waals surface area contributed by atoms with Crippen LogP contribution in [0, 0.1) is 6.92 Å². The summed E-state index contributed by atoms with van der Waals surface area (Å²) in [5.74, 6) is -1.11. The van der Waals surface area contributed by atoms with Crippen LogP contribution in [0.25, 0.3) is 0 Å². The fraction of sp³-hybridized carbons (Fsp3) is 0.385. The lowest BCUT2D eigenvalue weighted by Crippen LogP contribution is -2.43. The Kier molecular flexibility index (Phi) is 4.29. The first-order chi connectivity index (χ1) is 9.38. The van der Waals surface area contributed by atoms with Gasteiger partial charge >= 0.3 is 12.0 Å². The Morgan fingerprint density at radius 2 is 2.15 bits per heavy atom. The SMILES string of the molecule is Cc1ccc(NC(=O)N2CC(O)C[C@H]2C(=O)O)c(Br)c1. The van der Waals surface area contributed by atoms with Crippen molar-refractivity contribution in [3.8, 4) is 0 Å². The van der Waals surface area contributed by atoms with Crippen LogP contribution in [0.1, 0.15) is 12.0 Å². The number of carbonyl (C=O) groups excluding carboxylic acids is 1. The van der Waals surface area contributed by atoms with E-state index in [0.29, 0.717) is 5.69 Å². The number of urea groups is 1. The lowest BCUT2D eigenvalue weighted by molar-refractivity contribution is -0.141. The molecule has 0 spiro atoms. The predicted molar refractivity (Wildman–Crippen MR) is 76.7 cm³/mol. The monoisotopic (exact) mass is 342 g/mol. The Bertz CT molecular complexity index is 549. The molecule has 2 amide bonds. The van der Waals surface area contributed by atoms with Crippen LogP contribution in [0.15, 0.2) is 22.7 Å². The largest absolute Gasteiger partial charge is 0.480 e. The van der Waals surface area contributed by atoms with Gasteiger partial charge in [-0.2, -0.15) is 0 Å². The fourth-order valence-corrected chi connectivity index (χ4v) is 2.77. The van der Waals surface area contributed by atoms with E-state index in [9.17, 15) is 14.7 Å². The van der Waals surface area contributed by atoms with Gasteiger partial charge in [-0.3, -0.25) is 0 Å². The van der Waals surface area contributed by atoms with Gasteiger partial charge in [0, 0.05) is 17.4 Å². The van der Waals surface area contributed by atoms with Crippen molar-refractivity contribution in [2.45, 2.75) is 25.5 Å². The number of amides is 2. The number of halogens is 1. The molecule has 1 aliphatic rings. The molecule has 1 heterocycles. The topological polar surface area (TPSA) is 89.9 Å². The van der Waals surface area contributed by atoms with Crippen LogP contribution in [-0.4, -0.2) is 45.8 Å². The van der Waals surface area contributed by atoms with Gasteiger partial charge in [0.1, 0.15) is 6.04 Å². The number of aliphatic hydroxyl groups excluding tert-OH is 1. The quantitative estimate of drug-likeness (QED) is 0.764. The highest BCUT2D eigenvalue weighted by atomic mass is 79.9. The Labute approximate surface area is 124 Å². The highest BCUT2D eigenvalue weighted by Crippen LogP contribution is 2.25. The molecular formula is C13H15BrN2O4. The summed E-state index contributed by atoms with van der Waals surface area (Å²) in [6.45, 7) is 1.94. The molecule has 1 saturated heterocycles. The van der Waals surface area contributed by atoms with Gasteiger partial charge in [0.15, 0.2) is 0 Å². The number of carboxylic acids is 1. The van der Waals surface area contributed by atoms with E-state index in [1.54, 1.807) is 6.07 Å². The number of nitrogens with one attached hydrogen (secondary N) is 1. The highest BCUT2D eigenvalue weighted by molar-refractivity contribution is 9.10. The van der Waals surface area contributed by atoms with Gasteiger partial charge in [-0.1, -0.05) is 6.07 Å². The molecule has 2 rings (SSSR count). The number of aliphatic hydroxyl groups is 1. The molecule has 0 radical (unpaired) electrons. The molecular weight excluding hydrogens is 328 g/mol. The summed E-state index contributed by atoms with van der Waals surface area (Å²) in [4.78, 5) is 24.4. The van der Waals surface area contributed by atoms with Gasteiger partial charge < -0.3 is 20.4 Å². The number of β-amino-alcohol motifs (C(OH)–C–C–N with tert-alkyl or cyclic N) is 1. The zero-order valence-electron chi connectivity index (χ0n) is 10.8. The van der Waals surface area contributed by atoms with E-state index >= 15 is 0 Å². The van der Waals surface area contributed by atoms with Gasteiger partial charge in [0.2, 0.25) is 0 Å². The molecule has 1 aromatic rings. The zero-order chi connectivity index (χ0) is 14.9. The third-order valence-corrected chi connectivity index (χ3v) is 3.85. The standard InChI is InChI=1S/C13H15BrN2O4/c1-7-2-3-10(9(14)4-7)15-13(20)16-6-8(17)5-11(16)12(18)19/h2-4,8,11,17H,5-6H2,1H3,(H,15,20)(H,18,19)/t8?,11-/m0/s1. The summed E-state index contributed by atoms with van der Waals surface area (Å²) >= 11 is 3.34. The Morgan fingerprint density at radius 3 is 2.75 bits per heavy atom.